The normalized spacial score (nSPS) is 23.5. The lowest BCUT2D eigenvalue weighted by Crippen LogP contribution is -2.56. The maximum absolute atomic E-state index is 12.8. The van der Waals surface area contributed by atoms with Crippen LogP contribution in [0.2, 0.25) is 0 Å². The molecule has 2 aromatic rings. The molecule has 3 heterocycles. The summed E-state index contributed by atoms with van der Waals surface area (Å²) in [6.07, 6.45) is 2.66. The van der Waals surface area contributed by atoms with Crippen LogP contribution in [0.15, 0.2) is 36.4 Å². The Morgan fingerprint density at radius 1 is 1.21 bits per heavy atom. The fourth-order valence-electron chi connectivity index (χ4n) is 3.82. The van der Waals surface area contributed by atoms with Crippen LogP contribution in [0.1, 0.15) is 36.2 Å². The van der Waals surface area contributed by atoms with Crippen LogP contribution in [-0.2, 0) is 4.74 Å². The maximum atomic E-state index is 12.8. The van der Waals surface area contributed by atoms with E-state index in [1.807, 2.05) is 35.2 Å². The van der Waals surface area contributed by atoms with Gasteiger partial charge in [0.05, 0.1) is 17.2 Å². The van der Waals surface area contributed by atoms with E-state index in [0.717, 1.165) is 23.7 Å². The number of piperidine rings is 1. The SMILES string of the molecule is O=C(c1ccc2ccccc2n1)N1CCC2(CC1)OCCC[C@H]2O. The topological polar surface area (TPSA) is 62.7 Å². The van der Waals surface area contributed by atoms with E-state index in [0.29, 0.717) is 38.2 Å². The largest absolute Gasteiger partial charge is 0.390 e. The number of likely N-dealkylation sites (tertiary alicyclic amines) is 1. The molecule has 2 fully saturated rings. The van der Waals surface area contributed by atoms with Gasteiger partial charge in [-0.3, -0.25) is 4.79 Å². The van der Waals surface area contributed by atoms with Crippen LogP contribution in [0.3, 0.4) is 0 Å². The van der Waals surface area contributed by atoms with Gasteiger partial charge in [-0.1, -0.05) is 24.3 Å². The van der Waals surface area contributed by atoms with Crippen molar-refractivity contribution in [1.82, 2.24) is 9.88 Å². The number of benzene rings is 1. The molecule has 2 saturated heterocycles. The average Bonchev–Trinajstić information content (AvgIpc) is 2.64. The van der Waals surface area contributed by atoms with E-state index in [9.17, 15) is 9.90 Å². The molecule has 0 bridgehead atoms. The minimum atomic E-state index is -0.453. The first-order chi connectivity index (χ1) is 11.7. The number of aliphatic hydroxyl groups excluding tert-OH is 1. The van der Waals surface area contributed by atoms with Crippen molar-refractivity contribution in [2.45, 2.75) is 37.4 Å². The van der Waals surface area contributed by atoms with Crippen LogP contribution in [0, 0.1) is 0 Å². The third kappa shape index (κ3) is 2.68. The smallest absolute Gasteiger partial charge is 0.272 e. The summed E-state index contributed by atoms with van der Waals surface area (Å²) < 4.78 is 5.91. The quantitative estimate of drug-likeness (QED) is 0.874. The molecule has 2 aliphatic heterocycles. The second-order valence-corrected chi connectivity index (χ2v) is 6.75. The van der Waals surface area contributed by atoms with Crippen molar-refractivity contribution in [3.8, 4) is 0 Å². The Morgan fingerprint density at radius 2 is 2.00 bits per heavy atom. The van der Waals surface area contributed by atoms with Crippen molar-refractivity contribution in [2.75, 3.05) is 19.7 Å². The van der Waals surface area contributed by atoms with E-state index in [-0.39, 0.29) is 5.91 Å². The number of carbonyl (C=O) groups is 1. The average molecular weight is 326 g/mol. The zero-order valence-corrected chi connectivity index (χ0v) is 13.6. The Labute approximate surface area is 141 Å². The summed E-state index contributed by atoms with van der Waals surface area (Å²) in [6, 6.07) is 11.5. The molecule has 0 radical (unpaired) electrons. The number of pyridine rings is 1. The number of nitrogens with zero attached hydrogens (tertiary/aromatic N) is 2. The molecule has 24 heavy (non-hydrogen) atoms. The van der Waals surface area contributed by atoms with Crippen molar-refractivity contribution in [3.63, 3.8) is 0 Å². The van der Waals surface area contributed by atoms with Crippen molar-refractivity contribution < 1.29 is 14.6 Å². The standard InChI is InChI=1S/C19H22N2O3/c22-17-6-3-13-24-19(17)9-11-21(12-10-19)18(23)16-8-7-14-4-1-2-5-15(14)20-16/h1-2,4-5,7-8,17,22H,3,6,9-13H2/t17-/m1/s1. The summed E-state index contributed by atoms with van der Waals surface area (Å²) in [5.74, 6) is -0.0408. The van der Waals surface area contributed by atoms with E-state index in [1.54, 1.807) is 6.07 Å². The van der Waals surface area contributed by atoms with Crippen LogP contribution >= 0.6 is 0 Å². The molecule has 2 aliphatic rings. The molecule has 5 heteroatoms. The highest BCUT2D eigenvalue weighted by atomic mass is 16.5. The highest BCUT2D eigenvalue weighted by Crippen LogP contribution is 2.35. The number of fused-ring (bicyclic) bond motifs is 1. The predicted molar refractivity (Wildman–Crippen MR) is 90.8 cm³/mol. The van der Waals surface area contributed by atoms with Gasteiger partial charge in [0.25, 0.3) is 5.91 Å². The van der Waals surface area contributed by atoms with E-state index in [1.165, 1.54) is 0 Å². The van der Waals surface area contributed by atoms with Gasteiger partial charge in [-0.05, 0) is 37.8 Å². The lowest BCUT2D eigenvalue weighted by molar-refractivity contribution is -0.174. The number of carbonyl (C=O) groups excluding carboxylic acids is 1. The summed E-state index contributed by atoms with van der Waals surface area (Å²) in [5, 5.41) is 11.3. The van der Waals surface area contributed by atoms with Gasteiger partial charge in [-0.2, -0.15) is 0 Å². The van der Waals surface area contributed by atoms with Gasteiger partial charge < -0.3 is 14.7 Å². The Kier molecular flexibility index (Phi) is 3.98. The Hall–Kier alpha value is -1.98. The Morgan fingerprint density at radius 3 is 2.79 bits per heavy atom. The van der Waals surface area contributed by atoms with Gasteiger partial charge in [-0.15, -0.1) is 0 Å². The van der Waals surface area contributed by atoms with Gasteiger partial charge in [-0.25, -0.2) is 4.98 Å². The number of hydrogen-bond acceptors (Lipinski definition) is 4. The Bertz CT molecular complexity index is 753. The first-order valence-corrected chi connectivity index (χ1v) is 8.65. The van der Waals surface area contributed by atoms with Gasteiger partial charge in [0, 0.05) is 25.1 Å². The van der Waals surface area contributed by atoms with Gasteiger partial charge in [0.2, 0.25) is 0 Å². The predicted octanol–water partition coefficient (Wildman–Crippen LogP) is 2.38. The zero-order valence-electron chi connectivity index (χ0n) is 13.6. The monoisotopic (exact) mass is 326 g/mol. The first-order valence-electron chi connectivity index (χ1n) is 8.65. The number of aromatic nitrogens is 1. The number of para-hydroxylation sites is 1. The fourth-order valence-corrected chi connectivity index (χ4v) is 3.82. The Balaban J connectivity index is 1.49. The van der Waals surface area contributed by atoms with E-state index in [2.05, 4.69) is 4.98 Å². The van der Waals surface area contributed by atoms with Crippen molar-refractivity contribution >= 4 is 16.8 Å². The van der Waals surface area contributed by atoms with E-state index < -0.39 is 11.7 Å². The number of aliphatic hydroxyl groups is 1. The summed E-state index contributed by atoms with van der Waals surface area (Å²) >= 11 is 0. The van der Waals surface area contributed by atoms with Crippen LogP contribution in [0.5, 0.6) is 0 Å². The highest BCUT2D eigenvalue weighted by molar-refractivity contribution is 5.95. The number of ether oxygens (including phenoxy) is 1. The van der Waals surface area contributed by atoms with Crippen molar-refractivity contribution in [1.29, 1.82) is 0 Å². The van der Waals surface area contributed by atoms with Crippen molar-refractivity contribution in [2.24, 2.45) is 0 Å². The molecular formula is C19H22N2O3. The van der Waals surface area contributed by atoms with Gasteiger partial charge in [0.15, 0.2) is 0 Å². The van der Waals surface area contributed by atoms with Crippen LogP contribution in [-0.4, -0.2) is 52.3 Å². The summed E-state index contributed by atoms with van der Waals surface area (Å²) in [6.45, 7) is 1.91. The maximum Gasteiger partial charge on any atom is 0.272 e. The highest BCUT2D eigenvalue weighted by Gasteiger charge is 2.44. The lowest BCUT2D eigenvalue weighted by atomic mass is 9.82. The number of amides is 1. The molecule has 126 valence electrons. The van der Waals surface area contributed by atoms with Crippen LogP contribution in [0.4, 0.5) is 0 Å². The summed E-state index contributed by atoms with van der Waals surface area (Å²) in [5.41, 5.74) is 0.865. The molecule has 1 aromatic carbocycles. The molecule has 1 atom stereocenters. The minimum Gasteiger partial charge on any atom is -0.390 e. The molecule has 5 nitrogen and oxygen atoms in total. The second-order valence-electron chi connectivity index (χ2n) is 6.75. The fraction of sp³-hybridized carbons (Fsp3) is 0.474. The number of hydrogen-bond donors (Lipinski definition) is 1. The van der Waals surface area contributed by atoms with E-state index >= 15 is 0 Å². The molecule has 1 N–H and O–H groups in total. The van der Waals surface area contributed by atoms with E-state index in [4.69, 9.17) is 4.74 Å². The third-order valence-electron chi connectivity index (χ3n) is 5.33. The molecule has 0 aliphatic carbocycles. The molecule has 4 rings (SSSR count). The lowest BCUT2D eigenvalue weighted by Gasteiger charge is -2.46. The van der Waals surface area contributed by atoms with Gasteiger partial charge in [0.1, 0.15) is 5.69 Å². The molecule has 1 spiro atoms. The first kappa shape index (κ1) is 15.5. The molecular weight excluding hydrogens is 304 g/mol. The molecule has 0 saturated carbocycles. The summed E-state index contributed by atoms with van der Waals surface area (Å²) in [4.78, 5) is 19.1. The third-order valence-corrected chi connectivity index (χ3v) is 5.33. The van der Waals surface area contributed by atoms with Gasteiger partial charge >= 0.3 is 0 Å². The molecule has 1 amide bonds. The van der Waals surface area contributed by atoms with Crippen LogP contribution < -0.4 is 0 Å². The second kappa shape index (κ2) is 6.15. The zero-order chi connectivity index (χ0) is 16.6. The minimum absolute atomic E-state index is 0.0408. The van der Waals surface area contributed by atoms with Crippen LogP contribution in [0.25, 0.3) is 10.9 Å². The summed E-state index contributed by atoms with van der Waals surface area (Å²) in [7, 11) is 0. The van der Waals surface area contributed by atoms with Crippen molar-refractivity contribution in [3.05, 3.63) is 42.1 Å². The molecule has 1 aromatic heterocycles. The molecule has 0 unspecified atom stereocenters. The number of rotatable bonds is 1.